The van der Waals surface area contributed by atoms with E-state index in [1.165, 1.54) is 18.5 Å². The van der Waals surface area contributed by atoms with Gasteiger partial charge in [0.2, 0.25) is 0 Å². The number of piperidine rings is 1. The molecule has 11 heteroatoms. The molecule has 0 atom stereocenters. The molecule has 0 saturated carbocycles. The van der Waals surface area contributed by atoms with Gasteiger partial charge < -0.3 is 10.0 Å². The van der Waals surface area contributed by atoms with Gasteiger partial charge in [-0.15, -0.1) is 0 Å². The van der Waals surface area contributed by atoms with Crippen LogP contribution < -0.4 is 4.72 Å². The zero-order valence-corrected chi connectivity index (χ0v) is 20.5. The lowest BCUT2D eigenvalue weighted by Gasteiger charge is -2.38. The molecule has 0 unspecified atom stereocenters. The molecule has 0 spiro atoms. The number of hydrogen-bond donors (Lipinski definition) is 2. The molecule has 2 aromatic heterocycles. The summed E-state index contributed by atoms with van der Waals surface area (Å²) in [6, 6.07) is 13.0. The molecule has 2 N–H and O–H groups in total. The van der Waals surface area contributed by atoms with E-state index < -0.39 is 15.6 Å². The number of benzene rings is 2. The number of nitrogens with zero attached hydrogens (tertiary/aromatic N) is 5. The monoisotopic (exact) mass is 506 g/mol. The number of carbonyl (C=O) groups excluding carboxylic acids is 1. The van der Waals surface area contributed by atoms with Gasteiger partial charge in [-0.3, -0.25) is 24.2 Å². The topological polar surface area (TPSA) is 130 Å². The fourth-order valence-corrected chi connectivity index (χ4v) is 5.70. The number of aliphatic hydroxyl groups is 1. The van der Waals surface area contributed by atoms with Crippen molar-refractivity contribution in [1.29, 1.82) is 0 Å². The van der Waals surface area contributed by atoms with E-state index in [0.29, 0.717) is 49.1 Å². The maximum atomic E-state index is 13.0. The summed E-state index contributed by atoms with van der Waals surface area (Å²) in [5.74, 6) is -0.156. The molecule has 1 aliphatic heterocycles. The summed E-state index contributed by atoms with van der Waals surface area (Å²) < 4.78 is 30.3. The van der Waals surface area contributed by atoms with Gasteiger partial charge in [-0.2, -0.15) is 5.10 Å². The van der Waals surface area contributed by atoms with Crippen LogP contribution in [0.3, 0.4) is 0 Å². The van der Waals surface area contributed by atoms with Crippen molar-refractivity contribution >= 4 is 32.7 Å². The van der Waals surface area contributed by atoms with Crippen LogP contribution in [0.5, 0.6) is 0 Å². The fourth-order valence-electron chi connectivity index (χ4n) is 4.47. The van der Waals surface area contributed by atoms with Crippen LogP contribution in [-0.2, 0) is 23.5 Å². The number of nitrogens with one attached hydrogen (secondary N) is 1. The second kappa shape index (κ2) is 9.32. The average molecular weight is 507 g/mol. The highest BCUT2D eigenvalue weighted by Crippen LogP contribution is 2.28. The van der Waals surface area contributed by atoms with Crippen molar-refractivity contribution in [2.24, 2.45) is 7.05 Å². The van der Waals surface area contributed by atoms with Crippen LogP contribution in [0.25, 0.3) is 11.0 Å². The third-order valence-corrected chi connectivity index (χ3v) is 7.96. The lowest BCUT2D eigenvalue weighted by atomic mass is 9.86. The number of rotatable bonds is 6. The Bertz CT molecular complexity index is 1500. The number of aryl methyl sites for hydroxylation is 1. The molecular formula is C25H26N6O4S. The Hall–Kier alpha value is -3.83. The summed E-state index contributed by atoms with van der Waals surface area (Å²) >= 11 is 0. The van der Waals surface area contributed by atoms with Crippen LogP contribution in [0.2, 0.25) is 0 Å². The van der Waals surface area contributed by atoms with Crippen molar-refractivity contribution in [3.05, 3.63) is 78.4 Å². The van der Waals surface area contributed by atoms with Crippen molar-refractivity contribution in [2.45, 2.75) is 29.8 Å². The highest BCUT2D eigenvalue weighted by Gasteiger charge is 2.35. The Morgan fingerprint density at radius 1 is 1.03 bits per heavy atom. The van der Waals surface area contributed by atoms with Crippen LogP contribution in [-0.4, -0.2) is 62.8 Å². The molecule has 1 fully saturated rings. The number of sulfonamides is 1. The van der Waals surface area contributed by atoms with Crippen LogP contribution >= 0.6 is 0 Å². The number of aromatic nitrogens is 4. The van der Waals surface area contributed by atoms with E-state index in [0.717, 1.165) is 5.69 Å². The third kappa shape index (κ3) is 4.79. The van der Waals surface area contributed by atoms with E-state index in [1.54, 1.807) is 52.2 Å². The van der Waals surface area contributed by atoms with Gasteiger partial charge in [0.15, 0.2) is 0 Å². The normalized spacial score (nSPS) is 15.7. The molecule has 36 heavy (non-hydrogen) atoms. The second-order valence-electron chi connectivity index (χ2n) is 9.00. The molecular weight excluding hydrogens is 480 g/mol. The average Bonchev–Trinajstić information content (AvgIpc) is 3.27. The molecule has 1 amide bonds. The lowest BCUT2D eigenvalue weighted by Crippen LogP contribution is -2.48. The van der Waals surface area contributed by atoms with E-state index in [4.69, 9.17) is 0 Å². The summed E-state index contributed by atoms with van der Waals surface area (Å²) in [5.41, 5.74) is 1.62. The minimum absolute atomic E-state index is 0.0279. The molecule has 2 aromatic carbocycles. The summed E-state index contributed by atoms with van der Waals surface area (Å²) in [4.78, 5) is 23.1. The number of fused-ring (bicyclic) bond motifs is 1. The molecule has 186 valence electrons. The molecule has 1 aliphatic rings. The third-order valence-electron chi connectivity index (χ3n) is 6.55. The van der Waals surface area contributed by atoms with Crippen molar-refractivity contribution < 1.29 is 18.3 Å². The van der Waals surface area contributed by atoms with Crippen molar-refractivity contribution in [2.75, 3.05) is 17.8 Å². The molecule has 4 aromatic rings. The van der Waals surface area contributed by atoms with E-state index >= 15 is 0 Å². The second-order valence-corrected chi connectivity index (χ2v) is 10.7. The van der Waals surface area contributed by atoms with Gasteiger partial charge >= 0.3 is 0 Å². The van der Waals surface area contributed by atoms with Gasteiger partial charge in [0.25, 0.3) is 15.9 Å². The summed E-state index contributed by atoms with van der Waals surface area (Å²) in [7, 11) is -2.07. The standard InChI is InChI=1S/C25H26N6O4S/c1-30-20(9-12-28-30)17-25(33)10-15-31(16-11-25)24(32)18-5-7-19(8-6-18)29-36(34,35)22-4-2-3-21-23(22)27-14-13-26-21/h2-9,12-14,29,33H,10-11,15-17H2,1H3. The van der Waals surface area contributed by atoms with Crippen LogP contribution in [0, 0.1) is 0 Å². The number of amides is 1. The molecule has 0 aliphatic carbocycles. The largest absolute Gasteiger partial charge is 0.389 e. The Balaban J connectivity index is 1.24. The first-order valence-corrected chi connectivity index (χ1v) is 13.0. The van der Waals surface area contributed by atoms with Crippen LogP contribution in [0.1, 0.15) is 28.9 Å². The minimum Gasteiger partial charge on any atom is -0.389 e. The Morgan fingerprint density at radius 2 is 1.75 bits per heavy atom. The molecule has 0 radical (unpaired) electrons. The van der Waals surface area contributed by atoms with Crippen LogP contribution in [0.15, 0.2) is 72.0 Å². The zero-order valence-electron chi connectivity index (χ0n) is 19.7. The highest BCUT2D eigenvalue weighted by atomic mass is 32.2. The first-order valence-electron chi connectivity index (χ1n) is 11.6. The quantitative estimate of drug-likeness (QED) is 0.411. The fraction of sp³-hybridized carbons (Fsp3) is 0.280. The van der Waals surface area contributed by atoms with Gasteiger partial charge in [-0.05, 0) is 55.3 Å². The van der Waals surface area contributed by atoms with E-state index in [-0.39, 0.29) is 16.3 Å². The minimum atomic E-state index is -3.91. The number of likely N-dealkylation sites (tertiary alicyclic amines) is 1. The first-order chi connectivity index (χ1) is 17.2. The zero-order chi connectivity index (χ0) is 25.3. The SMILES string of the molecule is Cn1nccc1CC1(O)CCN(C(=O)c2ccc(NS(=O)(=O)c3cccc4nccnc34)cc2)CC1. The molecule has 0 bridgehead atoms. The molecule has 1 saturated heterocycles. The summed E-state index contributed by atoms with van der Waals surface area (Å²) in [6.45, 7) is 0.868. The molecule has 3 heterocycles. The Labute approximate surface area is 208 Å². The summed E-state index contributed by atoms with van der Waals surface area (Å²) in [5, 5.41) is 15.1. The van der Waals surface area contributed by atoms with Crippen molar-refractivity contribution in [3.63, 3.8) is 0 Å². The van der Waals surface area contributed by atoms with Crippen LogP contribution in [0.4, 0.5) is 5.69 Å². The first kappa shape index (κ1) is 23.9. The van der Waals surface area contributed by atoms with Crippen molar-refractivity contribution in [1.82, 2.24) is 24.6 Å². The molecule has 10 nitrogen and oxygen atoms in total. The lowest BCUT2D eigenvalue weighted by molar-refractivity contribution is -0.0174. The van der Waals surface area contributed by atoms with Gasteiger partial charge in [-0.1, -0.05) is 6.07 Å². The van der Waals surface area contributed by atoms with E-state index in [2.05, 4.69) is 19.8 Å². The maximum absolute atomic E-state index is 13.0. The smallest absolute Gasteiger partial charge is 0.264 e. The Morgan fingerprint density at radius 3 is 2.44 bits per heavy atom. The molecule has 5 rings (SSSR count). The number of para-hydroxylation sites is 1. The highest BCUT2D eigenvalue weighted by molar-refractivity contribution is 7.93. The number of carbonyl (C=O) groups is 1. The Kier molecular flexibility index (Phi) is 6.19. The van der Waals surface area contributed by atoms with E-state index in [9.17, 15) is 18.3 Å². The maximum Gasteiger partial charge on any atom is 0.264 e. The van der Waals surface area contributed by atoms with Crippen molar-refractivity contribution in [3.8, 4) is 0 Å². The number of anilines is 1. The van der Waals surface area contributed by atoms with E-state index in [1.807, 2.05) is 13.1 Å². The predicted octanol–water partition coefficient (Wildman–Crippen LogP) is 2.37. The summed E-state index contributed by atoms with van der Waals surface area (Å²) in [6.07, 6.45) is 6.08. The number of hydrogen-bond acceptors (Lipinski definition) is 7. The van der Waals surface area contributed by atoms with Gasteiger partial charge in [0, 0.05) is 62.1 Å². The van der Waals surface area contributed by atoms with Gasteiger partial charge in [-0.25, -0.2) is 8.42 Å². The van der Waals surface area contributed by atoms with Gasteiger partial charge in [0.05, 0.1) is 11.1 Å². The predicted molar refractivity (Wildman–Crippen MR) is 134 cm³/mol. The van der Waals surface area contributed by atoms with Gasteiger partial charge in [0.1, 0.15) is 10.4 Å².